The van der Waals surface area contributed by atoms with E-state index in [4.69, 9.17) is 10.9 Å². The number of rotatable bonds is 6. The minimum absolute atomic E-state index is 0.158. The number of aliphatic hydroxyl groups is 1. The first kappa shape index (κ1) is 13.3. The van der Waals surface area contributed by atoms with E-state index in [2.05, 4.69) is 17.4 Å². The van der Waals surface area contributed by atoms with E-state index in [1.807, 2.05) is 0 Å². The number of nitrogens with one attached hydrogen (secondary N) is 1. The first-order valence-corrected chi connectivity index (χ1v) is 6.05. The summed E-state index contributed by atoms with van der Waals surface area (Å²) < 4.78 is 0. The van der Waals surface area contributed by atoms with Crippen molar-refractivity contribution in [2.24, 2.45) is 16.8 Å². The molecular formula is C11H23N3O2. The molecule has 1 aliphatic carbocycles. The van der Waals surface area contributed by atoms with Crippen LogP contribution in [-0.4, -0.2) is 34.8 Å². The number of nitrogens with two attached hydrogens (primary N) is 1. The van der Waals surface area contributed by atoms with Gasteiger partial charge in [-0.15, -0.1) is 0 Å². The monoisotopic (exact) mass is 229 g/mol. The maximum Gasteiger partial charge on any atom is 0.140 e. The highest BCUT2D eigenvalue weighted by molar-refractivity contribution is 5.80. The summed E-state index contributed by atoms with van der Waals surface area (Å²) in [4.78, 5) is 0. The second kappa shape index (κ2) is 6.70. The topological polar surface area (TPSA) is 90.9 Å². The summed E-state index contributed by atoms with van der Waals surface area (Å²) in [5.74, 6) is 0.618. The summed E-state index contributed by atoms with van der Waals surface area (Å²) in [6.07, 6.45) is 4.45. The van der Waals surface area contributed by atoms with Gasteiger partial charge in [-0.1, -0.05) is 18.5 Å². The highest BCUT2D eigenvalue weighted by Gasteiger charge is 2.25. The lowest BCUT2D eigenvalue weighted by Gasteiger charge is -2.20. The van der Waals surface area contributed by atoms with Gasteiger partial charge in [-0.05, 0) is 25.2 Å². The lowest BCUT2D eigenvalue weighted by atomic mass is 10.0. The molecule has 0 aromatic rings. The fraction of sp³-hybridized carbons (Fsp3) is 0.909. The van der Waals surface area contributed by atoms with Crippen LogP contribution in [0.3, 0.4) is 0 Å². The van der Waals surface area contributed by atoms with Gasteiger partial charge in [0.1, 0.15) is 5.84 Å². The van der Waals surface area contributed by atoms with Gasteiger partial charge in [-0.3, -0.25) is 0 Å². The quantitative estimate of drug-likeness (QED) is 0.233. The van der Waals surface area contributed by atoms with Crippen LogP contribution in [-0.2, 0) is 0 Å². The Morgan fingerprint density at radius 3 is 2.81 bits per heavy atom. The van der Waals surface area contributed by atoms with Crippen LogP contribution >= 0.6 is 0 Å². The zero-order valence-electron chi connectivity index (χ0n) is 9.89. The van der Waals surface area contributed by atoms with Crippen LogP contribution in [0.25, 0.3) is 0 Å². The molecule has 0 aromatic carbocycles. The third-order valence-corrected chi connectivity index (χ3v) is 3.36. The molecule has 5 N–H and O–H groups in total. The van der Waals surface area contributed by atoms with Gasteiger partial charge in [0.15, 0.2) is 0 Å². The fourth-order valence-electron chi connectivity index (χ4n) is 2.23. The molecule has 0 saturated heterocycles. The molecular weight excluding hydrogens is 206 g/mol. The molecule has 5 nitrogen and oxygen atoms in total. The first-order chi connectivity index (χ1) is 7.67. The van der Waals surface area contributed by atoms with Gasteiger partial charge in [0.25, 0.3) is 0 Å². The average molecular weight is 229 g/mol. The third-order valence-electron chi connectivity index (χ3n) is 3.36. The summed E-state index contributed by atoms with van der Waals surface area (Å²) in [5.41, 5.74) is 5.47. The van der Waals surface area contributed by atoms with Crippen molar-refractivity contribution in [1.29, 1.82) is 0 Å². The highest BCUT2D eigenvalue weighted by atomic mass is 16.4. The smallest absolute Gasteiger partial charge is 0.140 e. The molecule has 1 saturated carbocycles. The SMILES string of the molecule is CCC(CC(N)=NO)NCC1CCCC1O. The van der Waals surface area contributed by atoms with E-state index in [0.29, 0.717) is 12.3 Å². The van der Waals surface area contributed by atoms with Crippen LogP contribution in [0.1, 0.15) is 39.0 Å². The van der Waals surface area contributed by atoms with Gasteiger partial charge in [-0.25, -0.2) is 0 Å². The van der Waals surface area contributed by atoms with E-state index in [1.165, 1.54) is 0 Å². The molecule has 3 unspecified atom stereocenters. The predicted molar refractivity (Wildman–Crippen MR) is 63.5 cm³/mol. The van der Waals surface area contributed by atoms with Crippen molar-refractivity contribution < 1.29 is 10.3 Å². The van der Waals surface area contributed by atoms with Crippen LogP contribution in [0.4, 0.5) is 0 Å². The van der Waals surface area contributed by atoms with Crippen LogP contribution < -0.4 is 11.1 Å². The normalized spacial score (nSPS) is 28.2. The van der Waals surface area contributed by atoms with E-state index in [0.717, 1.165) is 32.2 Å². The Morgan fingerprint density at radius 1 is 1.56 bits per heavy atom. The van der Waals surface area contributed by atoms with Gasteiger partial charge >= 0.3 is 0 Å². The number of nitrogens with zero attached hydrogens (tertiary/aromatic N) is 1. The standard InChI is InChI=1S/C11H23N3O2/c1-2-9(6-11(12)14-16)13-7-8-4-3-5-10(8)15/h8-10,13,15-16H,2-7H2,1H3,(H2,12,14). The largest absolute Gasteiger partial charge is 0.409 e. The lowest BCUT2D eigenvalue weighted by molar-refractivity contribution is 0.130. The summed E-state index contributed by atoms with van der Waals surface area (Å²) in [6.45, 7) is 2.88. The first-order valence-electron chi connectivity index (χ1n) is 6.05. The molecule has 0 spiro atoms. The van der Waals surface area contributed by atoms with Crippen LogP contribution in [0.2, 0.25) is 0 Å². The number of hydrogen-bond acceptors (Lipinski definition) is 4. The maximum atomic E-state index is 9.67. The van der Waals surface area contributed by atoms with Gasteiger partial charge in [0.2, 0.25) is 0 Å². The summed E-state index contributed by atoms with van der Waals surface area (Å²) in [7, 11) is 0. The Labute approximate surface area is 96.7 Å². The molecule has 94 valence electrons. The number of aliphatic hydroxyl groups excluding tert-OH is 1. The minimum Gasteiger partial charge on any atom is -0.409 e. The Hall–Kier alpha value is -0.810. The minimum atomic E-state index is -0.158. The van der Waals surface area contributed by atoms with Crippen LogP contribution in [0.5, 0.6) is 0 Å². The summed E-state index contributed by atoms with van der Waals surface area (Å²) in [5, 5.41) is 24.5. The average Bonchev–Trinajstić information content (AvgIpc) is 2.69. The molecule has 1 fully saturated rings. The van der Waals surface area contributed by atoms with E-state index in [1.54, 1.807) is 0 Å². The molecule has 3 atom stereocenters. The molecule has 1 rings (SSSR count). The van der Waals surface area contributed by atoms with Gasteiger partial charge in [0.05, 0.1) is 6.10 Å². The Balaban J connectivity index is 2.28. The number of oxime groups is 1. The maximum absolute atomic E-state index is 9.67. The zero-order chi connectivity index (χ0) is 12.0. The van der Waals surface area contributed by atoms with Crippen molar-refractivity contribution in [2.45, 2.75) is 51.2 Å². The van der Waals surface area contributed by atoms with Crippen molar-refractivity contribution in [1.82, 2.24) is 5.32 Å². The zero-order valence-corrected chi connectivity index (χ0v) is 9.89. The predicted octanol–water partition coefficient (Wildman–Crippen LogP) is 0.652. The van der Waals surface area contributed by atoms with Crippen LogP contribution in [0, 0.1) is 5.92 Å². The van der Waals surface area contributed by atoms with Crippen molar-refractivity contribution >= 4 is 5.84 Å². The van der Waals surface area contributed by atoms with Gasteiger partial charge in [0, 0.05) is 19.0 Å². The molecule has 1 aliphatic rings. The molecule has 0 aliphatic heterocycles. The summed E-state index contributed by atoms with van der Waals surface area (Å²) in [6, 6.07) is 0.226. The fourth-order valence-corrected chi connectivity index (χ4v) is 2.23. The molecule has 0 bridgehead atoms. The van der Waals surface area contributed by atoms with E-state index in [-0.39, 0.29) is 18.0 Å². The number of amidine groups is 1. The Kier molecular flexibility index (Phi) is 5.55. The molecule has 0 radical (unpaired) electrons. The van der Waals surface area contributed by atoms with E-state index in [9.17, 15) is 5.11 Å². The van der Waals surface area contributed by atoms with Crippen LogP contribution in [0.15, 0.2) is 5.16 Å². The molecule has 5 heteroatoms. The van der Waals surface area contributed by atoms with Crippen molar-refractivity contribution in [3.8, 4) is 0 Å². The highest BCUT2D eigenvalue weighted by Crippen LogP contribution is 2.24. The van der Waals surface area contributed by atoms with Crippen molar-refractivity contribution in [3.05, 3.63) is 0 Å². The lowest BCUT2D eigenvalue weighted by Crippen LogP contribution is -2.38. The molecule has 0 amide bonds. The van der Waals surface area contributed by atoms with Gasteiger partial charge in [-0.2, -0.15) is 0 Å². The number of hydrogen-bond donors (Lipinski definition) is 4. The third kappa shape index (κ3) is 3.98. The van der Waals surface area contributed by atoms with E-state index >= 15 is 0 Å². The summed E-state index contributed by atoms with van der Waals surface area (Å²) >= 11 is 0. The second-order valence-electron chi connectivity index (χ2n) is 4.57. The second-order valence-corrected chi connectivity index (χ2v) is 4.57. The Morgan fingerprint density at radius 2 is 2.31 bits per heavy atom. The molecule has 16 heavy (non-hydrogen) atoms. The van der Waals surface area contributed by atoms with Gasteiger partial charge < -0.3 is 21.4 Å². The van der Waals surface area contributed by atoms with E-state index < -0.39 is 0 Å². The Bertz CT molecular complexity index is 233. The molecule has 0 heterocycles. The van der Waals surface area contributed by atoms with Crippen molar-refractivity contribution in [2.75, 3.05) is 6.54 Å². The van der Waals surface area contributed by atoms with Crippen molar-refractivity contribution in [3.63, 3.8) is 0 Å². The molecule has 0 aromatic heterocycles.